The van der Waals surface area contributed by atoms with Crippen molar-refractivity contribution in [2.24, 2.45) is 5.92 Å². The molecule has 1 fully saturated rings. The van der Waals surface area contributed by atoms with Crippen LogP contribution in [0, 0.1) is 12.8 Å². The minimum atomic E-state index is 0.0745. The van der Waals surface area contributed by atoms with Gasteiger partial charge >= 0.3 is 0 Å². The molecule has 98 valence electrons. The summed E-state index contributed by atoms with van der Waals surface area (Å²) < 4.78 is 10.5. The topological polar surface area (TPSA) is 47.6 Å². The zero-order valence-corrected chi connectivity index (χ0v) is 11.1. The second-order valence-electron chi connectivity index (χ2n) is 4.64. The molecule has 0 atom stereocenters. The van der Waals surface area contributed by atoms with Gasteiger partial charge in [0.1, 0.15) is 11.5 Å². The standard InChI is InChI=1S/C14H19NO3/c1-9-7-13(18-3)11(8-12(9)17-2)15-14(16)10-5-4-6-10/h7-8,10H,4-6H2,1-3H3,(H,15,16). The van der Waals surface area contributed by atoms with Crippen molar-refractivity contribution in [1.29, 1.82) is 0 Å². The molecule has 0 bridgehead atoms. The molecule has 0 spiro atoms. The van der Waals surface area contributed by atoms with Gasteiger partial charge in [0.15, 0.2) is 0 Å². The lowest BCUT2D eigenvalue weighted by Crippen LogP contribution is -2.28. The fraction of sp³-hybridized carbons (Fsp3) is 0.500. The number of hydrogen-bond acceptors (Lipinski definition) is 3. The zero-order chi connectivity index (χ0) is 13.1. The molecule has 0 aliphatic heterocycles. The van der Waals surface area contributed by atoms with Crippen molar-refractivity contribution in [2.45, 2.75) is 26.2 Å². The summed E-state index contributed by atoms with van der Waals surface area (Å²) in [6.45, 7) is 1.94. The van der Waals surface area contributed by atoms with E-state index in [2.05, 4.69) is 5.32 Å². The Labute approximate surface area is 107 Å². The maximum atomic E-state index is 11.9. The Morgan fingerprint density at radius 2 is 1.89 bits per heavy atom. The Morgan fingerprint density at radius 3 is 2.39 bits per heavy atom. The fourth-order valence-electron chi connectivity index (χ4n) is 2.05. The van der Waals surface area contributed by atoms with Crippen molar-refractivity contribution < 1.29 is 14.3 Å². The van der Waals surface area contributed by atoms with Crippen molar-refractivity contribution in [1.82, 2.24) is 0 Å². The molecule has 4 heteroatoms. The molecule has 1 aliphatic carbocycles. The predicted molar refractivity (Wildman–Crippen MR) is 70.3 cm³/mol. The van der Waals surface area contributed by atoms with Crippen molar-refractivity contribution in [3.05, 3.63) is 17.7 Å². The minimum Gasteiger partial charge on any atom is -0.496 e. The molecular weight excluding hydrogens is 230 g/mol. The Kier molecular flexibility index (Phi) is 3.75. The van der Waals surface area contributed by atoms with Crippen molar-refractivity contribution in [3.63, 3.8) is 0 Å². The molecule has 1 aliphatic rings. The Balaban J connectivity index is 2.21. The SMILES string of the molecule is COc1cc(NC(=O)C2CCC2)c(OC)cc1C. The van der Waals surface area contributed by atoms with E-state index >= 15 is 0 Å². The van der Waals surface area contributed by atoms with Crippen molar-refractivity contribution >= 4 is 11.6 Å². The number of ether oxygens (including phenoxy) is 2. The highest BCUT2D eigenvalue weighted by Crippen LogP contribution is 2.34. The number of carbonyl (C=O) groups excluding carboxylic acids is 1. The number of carbonyl (C=O) groups is 1. The van der Waals surface area contributed by atoms with Crippen LogP contribution in [0.5, 0.6) is 11.5 Å². The third-order valence-electron chi connectivity index (χ3n) is 3.45. The van der Waals surface area contributed by atoms with Crippen molar-refractivity contribution in [3.8, 4) is 11.5 Å². The average Bonchev–Trinajstić information content (AvgIpc) is 2.28. The monoisotopic (exact) mass is 249 g/mol. The van der Waals surface area contributed by atoms with E-state index in [1.807, 2.05) is 19.1 Å². The molecule has 0 saturated heterocycles. The Hall–Kier alpha value is -1.71. The van der Waals surface area contributed by atoms with Crippen LogP contribution >= 0.6 is 0 Å². The Morgan fingerprint density at radius 1 is 1.22 bits per heavy atom. The molecule has 18 heavy (non-hydrogen) atoms. The summed E-state index contributed by atoms with van der Waals surface area (Å²) in [5.41, 5.74) is 1.66. The average molecular weight is 249 g/mol. The molecule has 1 N–H and O–H groups in total. The minimum absolute atomic E-state index is 0.0745. The van der Waals surface area contributed by atoms with Crippen LogP contribution in [-0.2, 0) is 4.79 Å². The molecule has 1 saturated carbocycles. The van der Waals surface area contributed by atoms with E-state index in [0.29, 0.717) is 11.4 Å². The smallest absolute Gasteiger partial charge is 0.227 e. The van der Waals surface area contributed by atoms with Gasteiger partial charge in [-0.2, -0.15) is 0 Å². The quantitative estimate of drug-likeness (QED) is 0.892. The molecule has 0 heterocycles. The first-order valence-corrected chi connectivity index (χ1v) is 6.19. The number of aryl methyl sites for hydroxylation is 1. The number of amides is 1. The van der Waals surface area contributed by atoms with Gasteiger partial charge in [-0.05, 0) is 31.4 Å². The molecule has 1 amide bonds. The molecule has 4 nitrogen and oxygen atoms in total. The predicted octanol–water partition coefficient (Wildman–Crippen LogP) is 2.75. The first kappa shape index (κ1) is 12.7. The molecular formula is C14H19NO3. The van der Waals surface area contributed by atoms with Crippen LogP contribution in [0.1, 0.15) is 24.8 Å². The van der Waals surface area contributed by atoms with E-state index in [4.69, 9.17) is 9.47 Å². The van der Waals surface area contributed by atoms with E-state index in [9.17, 15) is 4.79 Å². The van der Waals surface area contributed by atoms with Crippen LogP contribution in [0.2, 0.25) is 0 Å². The summed E-state index contributed by atoms with van der Waals surface area (Å²) in [6.07, 6.45) is 3.11. The van der Waals surface area contributed by atoms with Gasteiger partial charge in [0.2, 0.25) is 5.91 Å². The normalized spacial score (nSPS) is 14.8. The molecule has 1 aromatic carbocycles. The fourth-order valence-corrected chi connectivity index (χ4v) is 2.05. The highest BCUT2D eigenvalue weighted by Gasteiger charge is 2.26. The lowest BCUT2D eigenvalue weighted by molar-refractivity contribution is -0.122. The molecule has 0 unspecified atom stereocenters. The van der Waals surface area contributed by atoms with Crippen LogP contribution in [0.25, 0.3) is 0 Å². The van der Waals surface area contributed by atoms with Gasteiger partial charge in [0.25, 0.3) is 0 Å². The number of rotatable bonds is 4. The van der Waals surface area contributed by atoms with Gasteiger partial charge in [-0.15, -0.1) is 0 Å². The number of methoxy groups -OCH3 is 2. The van der Waals surface area contributed by atoms with Crippen LogP contribution in [0.15, 0.2) is 12.1 Å². The summed E-state index contributed by atoms with van der Waals surface area (Å²) in [6, 6.07) is 3.68. The summed E-state index contributed by atoms with van der Waals surface area (Å²) >= 11 is 0. The van der Waals surface area contributed by atoms with Gasteiger partial charge in [0, 0.05) is 12.0 Å². The summed E-state index contributed by atoms with van der Waals surface area (Å²) in [7, 11) is 3.21. The number of anilines is 1. The van der Waals surface area contributed by atoms with E-state index in [-0.39, 0.29) is 11.8 Å². The van der Waals surface area contributed by atoms with E-state index in [1.54, 1.807) is 14.2 Å². The van der Waals surface area contributed by atoms with Crippen LogP contribution < -0.4 is 14.8 Å². The van der Waals surface area contributed by atoms with Gasteiger partial charge < -0.3 is 14.8 Å². The number of benzene rings is 1. The second-order valence-corrected chi connectivity index (χ2v) is 4.64. The zero-order valence-electron chi connectivity index (χ0n) is 11.1. The lowest BCUT2D eigenvalue weighted by atomic mass is 9.85. The number of hydrogen-bond donors (Lipinski definition) is 1. The summed E-state index contributed by atoms with van der Waals surface area (Å²) in [4.78, 5) is 11.9. The van der Waals surface area contributed by atoms with Crippen LogP contribution in [-0.4, -0.2) is 20.1 Å². The molecule has 2 rings (SSSR count). The van der Waals surface area contributed by atoms with Gasteiger partial charge in [-0.1, -0.05) is 6.42 Å². The van der Waals surface area contributed by atoms with E-state index in [0.717, 1.165) is 30.6 Å². The molecule has 0 radical (unpaired) electrons. The second kappa shape index (κ2) is 5.29. The van der Waals surface area contributed by atoms with Gasteiger partial charge in [-0.3, -0.25) is 4.79 Å². The van der Waals surface area contributed by atoms with E-state index in [1.165, 1.54) is 0 Å². The van der Waals surface area contributed by atoms with Gasteiger partial charge in [-0.25, -0.2) is 0 Å². The molecule has 1 aromatic rings. The summed E-state index contributed by atoms with van der Waals surface area (Å²) in [5, 5.41) is 2.92. The maximum absolute atomic E-state index is 11.9. The van der Waals surface area contributed by atoms with Crippen LogP contribution in [0.3, 0.4) is 0 Å². The van der Waals surface area contributed by atoms with Crippen LogP contribution in [0.4, 0.5) is 5.69 Å². The molecule has 0 aromatic heterocycles. The van der Waals surface area contributed by atoms with Crippen molar-refractivity contribution in [2.75, 3.05) is 19.5 Å². The lowest BCUT2D eigenvalue weighted by Gasteiger charge is -2.24. The van der Waals surface area contributed by atoms with E-state index < -0.39 is 0 Å². The first-order chi connectivity index (χ1) is 8.65. The Bertz CT molecular complexity index is 453. The highest BCUT2D eigenvalue weighted by molar-refractivity contribution is 5.94. The number of nitrogens with one attached hydrogen (secondary N) is 1. The highest BCUT2D eigenvalue weighted by atomic mass is 16.5. The third kappa shape index (κ3) is 2.42. The third-order valence-corrected chi connectivity index (χ3v) is 3.45. The first-order valence-electron chi connectivity index (χ1n) is 6.19. The largest absolute Gasteiger partial charge is 0.496 e. The summed E-state index contributed by atoms with van der Waals surface area (Å²) in [5.74, 6) is 1.65. The maximum Gasteiger partial charge on any atom is 0.227 e. The van der Waals surface area contributed by atoms with Gasteiger partial charge in [0.05, 0.1) is 19.9 Å².